The molecular weight excluding hydrogens is 242 g/mol. The number of para-hydroxylation sites is 1. The molecule has 1 aromatic carbocycles. The summed E-state index contributed by atoms with van der Waals surface area (Å²) < 4.78 is 5.26. The molecule has 19 heavy (non-hydrogen) atoms. The largest absolute Gasteiger partial charge is 0.369 e. The van der Waals surface area contributed by atoms with E-state index in [1.165, 1.54) is 7.11 Å². The number of carbonyl (C=O) groups is 2. The molecule has 0 fully saturated rings. The van der Waals surface area contributed by atoms with Crippen molar-refractivity contribution in [2.75, 3.05) is 18.6 Å². The maximum absolute atomic E-state index is 12.6. The molecule has 0 N–H and O–H groups in total. The van der Waals surface area contributed by atoms with Crippen LogP contribution in [0.1, 0.15) is 37.0 Å². The molecule has 0 bridgehead atoms. The Kier molecular flexibility index (Phi) is 3.71. The first kappa shape index (κ1) is 13.7. The number of ether oxygens (including phenoxy) is 1. The van der Waals surface area contributed by atoms with Crippen LogP contribution in [0.5, 0.6) is 0 Å². The molecule has 0 radical (unpaired) electrons. The monoisotopic (exact) mass is 261 g/mol. The number of nitrogens with zero attached hydrogens (tertiary/aromatic N) is 1. The fourth-order valence-corrected chi connectivity index (χ4v) is 2.22. The lowest BCUT2D eigenvalue weighted by molar-refractivity contribution is -0.136. The summed E-state index contributed by atoms with van der Waals surface area (Å²) in [4.78, 5) is 26.3. The van der Waals surface area contributed by atoms with E-state index in [-0.39, 0.29) is 11.7 Å². The van der Waals surface area contributed by atoms with Crippen molar-refractivity contribution in [2.24, 2.45) is 0 Å². The third-order valence-corrected chi connectivity index (χ3v) is 3.55. The second kappa shape index (κ2) is 5.13. The highest BCUT2D eigenvalue weighted by Crippen LogP contribution is 2.28. The molecule has 4 nitrogen and oxygen atoms in total. The Bertz CT molecular complexity index is 508. The highest BCUT2D eigenvalue weighted by molar-refractivity contribution is 6.08. The van der Waals surface area contributed by atoms with Crippen LogP contribution in [-0.4, -0.2) is 30.9 Å². The number of benzene rings is 1. The van der Waals surface area contributed by atoms with Crippen LogP contribution in [0, 0.1) is 0 Å². The van der Waals surface area contributed by atoms with Gasteiger partial charge in [0.15, 0.2) is 5.78 Å². The minimum Gasteiger partial charge on any atom is -0.369 e. The number of Topliss-reactive ketones (excluding diaryl/α,β-unsaturated/α-hetero) is 1. The van der Waals surface area contributed by atoms with Crippen molar-refractivity contribution in [2.45, 2.75) is 32.3 Å². The predicted molar refractivity (Wildman–Crippen MR) is 73.4 cm³/mol. The molecule has 1 aliphatic rings. The molecule has 0 atom stereocenters. The van der Waals surface area contributed by atoms with Crippen LogP contribution in [-0.2, 0) is 9.53 Å². The Morgan fingerprint density at radius 1 is 1.32 bits per heavy atom. The molecule has 4 heteroatoms. The SMILES string of the molecule is COC(C)(C)C(=O)N1CCCC(=O)c2ccccc21. The number of hydrogen-bond donors (Lipinski definition) is 0. The zero-order chi connectivity index (χ0) is 14.0. The third kappa shape index (κ3) is 2.54. The van der Waals surface area contributed by atoms with Gasteiger partial charge in [-0.1, -0.05) is 12.1 Å². The Balaban J connectivity index is 2.44. The average Bonchev–Trinajstić information content (AvgIpc) is 2.58. The maximum atomic E-state index is 12.6. The lowest BCUT2D eigenvalue weighted by Crippen LogP contribution is -2.47. The highest BCUT2D eigenvalue weighted by Gasteiger charge is 2.35. The van der Waals surface area contributed by atoms with E-state index in [4.69, 9.17) is 4.74 Å². The average molecular weight is 261 g/mol. The van der Waals surface area contributed by atoms with Gasteiger partial charge in [0, 0.05) is 25.6 Å². The van der Waals surface area contributed by atoms with E-state index in [2.05, 4.69) is 0 Å². The number of anilines is 1. The van der Waals surface area contributed by atoms with Crippen LogP contribution in [0.4, 0.5) is 5.69 Å². The van der Waals surface area contributed by atoms with E-state index < -0.39 is 5.60 Å². The molecule has 2 rings (SSSR count). The number of rotatable bonds is 2. The zero-order valence-electron chi connectivity index (χ0n) is 11.6. The van der Waals surface area contributed by atoms with Crippen LogP contribution >= 0.6 is 0 Å². The molecule has 1 aromatic rings. The van der Waals surface area contributed by atoms with Gasteiger partial charge in [-0.25, -0.2) is 0 Å². The first-order chi connectivity index (χ1) is 8.97. The minimum absolute atomic E-state index is 0.0983. The summed E-state index contributed by atoms with van der Waals surface area (Å²) in [5.74, 6) is -0.0155. The highest BCUT2D eigenvalue weighted by atomic mass is 16.5. The number of carbonyl (C=O) groups excluding carboxylic acids is 2. The van der Waals surface area contributed by atoms with Crippen molar-refractivity contribution in [1.82, 2.24) is 0 Å². The molecular formula is C15H19NO3. The molecule has 0 spiro atoms. The number of hydrogen-bond acceptors (Lipinski definition) is 3. The van der Waals surface area contributed by atoms with Gasteiger partial charge in [0.05, 0.1) is 5.69 Å². The van der Waals surface area contributed by atoms with Gasteiger partial charge in [-0.2, -0.15) is 0 Å². The van der Waals surface area contributed by atoms with Crippen molar-refractivity contribution in [3.63, 3.8) is 0 Å². The zero-order valence-corrected chi connectivity index (χ0v) is 11.6. The van der Waals surface area contributed by atoms with E-state index in [9.17, 15) is 9.59 Å². The van der Waals surface area contributed by atoms with Gasteiger partial charge in [-0.3, -0.25) is 9.59 Å². The summed E-state index contributed by atoms with van der Waals surface area (Å²) in [6.07, 6.45) is 1.16. The summed E-state index contributed by atoms with van der Waals surface area (Å²) >= 11 is 0. The topological polar surface area (TPSA) is 46.6 Å². The smallest absolute Gasteiger partial charge is 0.258 e. The van der Waals surface area contributed by atoms with Gasteiger partial charge in [0.2, 0.25) is 0 Å². The molecule has 102 valence electrons. The molecule has 1 amide bonds. The fraction of sp³-hybridized carbons (Fsp3) is 0.467. The Hall–Kier alpha value is -1.68. The lowest BCUT2D eigenvalue weighted by atomic mass is 10.0. The minimum atomic E-state index is -0.888. The van der Waals surface area contributed by atoms with E-state index in [1.807, 2.05) is 18.2 Å². The summed E-state index contributed by atoms with van der Waals surface area (Å²) in [6.45, 7) is 4.03. The Morgan fingerprint density at radius 2 is 2.00 bits per heavy atom. The molecule has 0 saturated carbocycles. The van der Waals surface area contributed by atoms with Crippen LogP contribution in [0.3, 0.4) is 0 Å². The molecule has 1 heterocycles. The van der Waals surface area contributed by atoms with Gasteiger partial charge in [-0.05, 0) is 32.4 Å². The number of methoxy groups -OCH3 is 1. The van der Waals surface area contributed by atoms with E-state index >= 15 is 0 Å². The second-order valence-corrected chi connectivity index (χ2v) is 5.22. The van der Waals surface area contributed by atoms with E-state index in [1.54, 1.807) is 24.8 Å². The number of ketones is 1. The Labute approximate surface area is 113 Å². The molecule has 0 aromatic heterocycles. The Morgan fingerprint density at radius 3 is 2.68 bits per heavy atom. The molecule has 0 unspecified atom stereocenters. The van der Waals surface area contributed by atoms with Crippen LogP contribution in [0.25, 0.3) is 0 Å². The summed E-state index contributed by atoms with van der Waals surface area (Å²) in [6, 6.07) is 7.27. The van der Waals surface area contributed by atoms with Gasteiger partial charge in [0.25, 0.3) is 5.91 Å². The summed E-state index contributed by atoms with van der Waals surface area (Å²) in [7, 11) is 1.52. The first-order valence-electron chi connectivity index (χ1n) is 6.46. The quantitative estimate of drug-likeness (QED) is 0.821. The number of amides is 1. The standard InChI is InChI=1S/C15H19NO3/c1-15(2,19-3)14(18)16-10-6-9-13(17)11-7-4-5-8-12(11)16/h4-5,7-8H,6,9-10H2,1-3H3. The van der Waals surface area contributed by atoms with Crippen molar-refractivity contribution in [3.05, 3.63) is 29.8 Å². The predicted octanol–water partition coefficient (Wildman–Crippen LogP) is 2.42. The van der Waals surface area contributed by atoms with Crippen molar-refractivity contribution in [1.29, 1.82) is 0 Å². The van der Waals surface area contributed by atoms with Gasteiger partial charge >= 0.3 is 0 Å². The van der Waals surface area contributed by atoms with E-state index in [0.717, 1.165) is 0 Å². The normalized spacial score (nSPS) is 15.9. The summed E-state index contributed by atoms with van der Waals surface area (Å²) in [5, 5.41) is 0. The van der Waals surface area contributed by atoms with Crippen LogP contribution < -0.4 is 4.90 Å². The van der Waals surface area contributed by atoms with Crippen LogP contribution in [0.15, 0.2) is 24.3 Å². The molecule has 1 aliphatic heterocycles. The summed E-state index contributed by atoms with van der Waals surface area (Å²) in [5.41, 5.74) is 0.431. The van der Waals surface area contributed by atoms with Crippen LogP contribution in [0.2, 0.25) is 0 Å². The van der Waals surface area contributed by atoms with E-state index in [0.29, 0.717) is 30.6 Å². The van der Waals surface area contributed by atoms with Gasteiger partial charge in [0.1, 0.15) is 5.60 Å². The first-order valence-corrected chi connectivity index (χ1v) is 6.46. The second-order valence-electron chi connectivity index (χ2n) is 5.22. The van der Waals surface area contributed by atoms with Gasteiger partial charge in [-0.15, -0.1) is 0 Å². The molecule has 0 aliphatic carbocycles. The lowest BCUT2D eigenvalue weighted by Gasteiger charge is -2.30. The van der Waals surface area contributed by atoms with Crippen molar-refractivity contribution < 1.29 is 14.3 Å². The fourth-order valence-electron chi connectivity index (χ4n) is 2.22. The third-order valence-electron chi connectivity index (χ3n) is 3.55. The van der Waals surface area contributed by atoms with Gasteiger partial charge < -0.3 is 9.64 Å². The molecule has 0 saturated heterocycles. The van der Waals surface area contributed by atoms with Crippen molar-refractivity contribution >= 4 is 17.4 Å². The maximum Gasteiger partial charge on any atom is 0.258 e. The number of fused-ring (bicyclic) bond motifs is 1. The van der Waals surface area contributed by atoms with Crippen molar-refractivity contribution in [3.8, 4) is 0 Å².